The van der Waals surface area contributed by atoms with E-state index in [-0.39, 0.29) is 36.0 Å². The Morgan fingerprint density at radius 1 is 1.00 bits per heavy atom. The molecule has 4 rings (SSSR count). The number of rotatable bonds is 13. The normalized spacial score (nSPS) is 24.1. The lowest BCUT2D eigenvalue weighted by atomic mass is 9.67. The number of ether oxygens (including phenoxy) is 3. The first kappa shape index (κ1) is 33.1. The van der Waals surface area contributed by atoms with Gasteiger partial charge in [0.05, 0.1) is 25.2 Å². The van der Waals surface area contributed by atoms with E-state index in [0.29, 0.717) is 19.7 Å². The van der Waals surface area contributed by atoms with Crippen LogP contribution in [0.3, 0.4) is 0 Å². The Bertz CT molecular complexity index is 1160. The highest BCUT2D eigenvalue weighted by Crippen LogP contribution is 2.44. The second-order valence-electron chi connectivity index (χ2n) is 12.9. The number of carboxylic acids is 1. The summed E-state index contributed by atoms with van der Waals surface area (Å²) in [6.07, 6.45) is 0.799. The van der Waals surface area contributed by atoms with Crippen molar-refractivity contribution in [3.63, 3.8) is 0 Å². The van der Waals surface area contributed by atoms with Crippen LogP contribution in [0, 0.1) is 5.92 Å². The molecule has 2 aromatic carbocycles. The van der Waals surface area contributed by atoms with Crippen molar-refractivity contribution in [3.05, 3.63) is 59.7 Å². The second-order valence-corrected chi connectivity index (χ2v) is 12.9. The van der Waals surface area contributed by atoms with Gasteiger partial charge in [-0.25, -0.2) is 0 Å². The Morgan fingerprint density at radius 2 is 1.65 bits per heavy atom. The largest absolute Gasteiger partial charge is 0.497 e. The first-order valence-electron chi connectivity index (χ1n) is 15.4. The van der Waals surface area contributed by atoms with Crippen molar-refractivity contribution in [1.29, 1.82) is 0 Å². The Balaban J connectivity index is 1.42. The van der Waals surface area contributed by atoms with Gasteiger partial charge in [0, 0.05) is 31.5 Å². The van der Waals surface area contributed by atoms with Gasteiger partial charge in [-0.05, 0) is 107 Å². The maximum atomic E-state index is 13.3. The average Bonchev–Trinajstić information content (AvgIpc) is 2.95. The summed E-state index contributed by atoms with van der Waals surface area (Å²) < 4.78 is 57.5. The molecule has 43 heavy (non-hydrogen) atoms. The maximum Gasteiger partial charge on any atom is 0.390 e. The number of halogens is 3. The van der Waals surface area contributed by atoms with Gasteiger partial charge in [0.2, 0.25) is 0 Å². The molecule has 2 aliphatic rings. The minimum absolute atomic E-state index is 0.0528. The third-order valence-corrected chi connectivity index (χ3v) is 9.05. The third-order valence-electron chi connectivity index (χ3n) is 9.05. The summed E-state index contributed by atoms with van der Waals surface area (Å²) in [5.74, 6) is 0.959. The van der Waals surface area contributed by atoms with Crippen LogP contribution in [0.4, 0.5) is 13.2 Å². The van der Waals surface area contributed by atoms with Gasteiger partial charge in [-0.15, -0.1) is 0 Å². The van der Waals surface area contributed by atoms with Crippen molar-refractivity contribution in [2.24, 2.45) is 5.92 Å². The standard InChI is InChI=1S/C34H46F3NO5/c1-32(2)24-33(18-21-42-32,27-8-14-28(41-3)15-9-27)16-19-38(20-17-34(35,36)37)23-26-6-12-30(13-7-26)43-29-10-4-25(5-11-29)22-31(39)40/h6-9,12-15,25,29H,4-5,10-11,16-24H2,1-3H3,(H,39,40)/t25-,29-,33?. The second kappa shape index (κ2) is 14.3. The number of nitrogens with zero attached hydrogens (tertiary/aromatic N) is 1. The molecule has 238 valence electrons. The van der Waals surface area contributed by atoms with Crippen molar-refractivity contribution < 1.29 is 37.3 Å². The molecule has 0 radical (unpaired) electrons. The first-order valence-corrected chi connectivity index (χ1v) is 15.4. The predicted octanol–water partition coefficient (Wildman–Crippen LogP) is 7.78. The highest BCUT2D eigenvalue weighted by Gasteiger charge is 2.42. The van der Waals surface area contributed by atoms with E-state index in [4.69, 9.17) is 19.3 Å². The van der Waals surface area contributed by atoms with Gasteiger partial charge in [-0.3, -0.25) is 9.69 Å². The highest BCUT2D eigenvalue weighted by atomic mass is 19.4. The Hall–Kier alpha value is -2.78. The minimum atomic E-state index is -4.23. The molecule has 2 aromatic rings. The van der Waals surface area contributed by atoms with Crippen molar-refractivity contribution in [3.8, 4) is 11.5 Å². The van der Waals surface area contributed by atoms with E-state index in [1.807, 2.05) is 41.3 Å². The molecule has 1 aliphatic carbocycles. The number of methoxy groups -OCH3 is 1. The van der Waals surface area contributed by atoms with Gasteiger partial charge in [-0.1, -0.05) is 24.3 Å². The van der Waals surface area contributed by atoms with Crippen LogP contribution in [0.1, 0.15) is 82.8 Å². The molecule has 0 amide bonds. The number of carbonyl (C=O) groups is 1. The molecule has 1 saturated carbocycles. The van der Waals surface area contributed by atoms with Crippen LogP contribution < -0.4 is 9.47 Å². The molecule has 1 aliphatic heterocycles. The molecule has 0 spiro atoms. The molecule has 1 N–H and O–H groups in total. The zero-order valence-corrected chi connectivity index (χ0v) is 25.6. The summed E-state index contributed by atoms with van der Waals surface area (Å²) in [4.78, 5) is 12.9. The molecule has 2 fully saturated rings. The molecule has 0 bridgehead atoms. The fourth-order valence-corrected chi connectivity index (χ4v) is 6.78. The summed E-state index contributed by atoms with van der Waals surface area (Å²) in [6.45, 7) is 5.63. The number of carboxylic acid groups (broad SMARTS) is 1. The van der Waals surface area contributed by atoms with Crippen LogP contribution >= 0.6 is 0 Å². The van der Waals surface area contributed by atoms with Gasteiger partial charge in [0.25, 0.3) is 0 Å². The molecular weight excluding hydrogens is 559 g/mol. The van der Waals surface area contributed by atoms with E-state index in [2.05, 4.69) is 26.0 Å². The molecule has 1 saturated heterocycles. The Morgan fingerprint density at radius 3 is 2.23 bits per heavy atom. The van der Waals surface area contributed by atoms with E-state index in [9.17, 15) is 18.0 Å². The summed E-state index contributed by atoms with van der Waals surface area (Å²) in [5, 5.41) is 9.03. The SMILES string of the molecule is COc1ccc(C2(CCN(CCC(F)(F)F)Cc3ccc(O[C@H]4CC[C@H](CC(=O)O)CC4)cc3)CCOC(C)(C)C2)cc1. The Kier molecular flexibility index (Phi) is 11.0. The van der Waals surface area contributed by atoms with Crippen LogP contribution in [0.15, 0.2) is 48.5 Å². The topological polar surface area (TPSA) is 68.2 Å². The number of benzene rings is 2. The highest BCUT2D eigenvalue weighted by molar-refractivity contribution is 5.67. The van der Waals surface area contributed by atoms with Crippen molar-refractivity contribution in [2.75, 3.05) is 26.8 Å². The van der Waals surface area contributed by atoms with Crippen LogP contribution in [0.25, 0.3) is 0 Å². The molecular formula is C34H46F3NO5. The van der Waals surface area contributed by atoms with E-state index in [1.165, 1.54) is 5.56 Å². The quantitative estimate of drug-likeness (QED) is 0.252. The lowest BCUT2D eigenvalue weighted by Gasteiger charge is -2.46. The van der Waals surface area contributed by atoms with Gasteiger partial charge < -0.3 is 19.3 Å². The molecule has 1 unspecified atom stereocenters. The fourth-order valence-electron chi connectivity index (χ4n) is 6.78. The smallest absolute Gasteiger partial charge is 0.390 e. The number of hydrogen-bond donors (Lipinski definition) is 1. The van der Waals surface area contributed by atoms with Crippen LogP contribution in [0.5, 0.6) is 11.5 Å². The fraction of sp³-hybridized carbons (Fsp3) is 0.618. The van der Waals surface area contributed by atoms with Gasteiger partial charge in [0.15, 0.2) is 0 Å². The third kappa shape index (κ3) is 10.1. The summed E-state index contributed by atoms with van der Waals surface area (Å²) in [6, 6.07) is 15.7. The minimum Gasteiger partial charge on any atom is -0.497 e. The summed E-state index contributed by atoms with van der Waals surface area (Å²) in [7, 11) is 1.63. The van der Waals surface area contributed by atoms with Gasteiger partial charge in [-0.2, -0.15) is 13.2 Å². The molecule has 6 nitrogen and oxygen atoms in total. The number of alkyl halides is 3. The molecule has 1 atom stereocenters. The van der Waals surface area contributed by atoms with Crippen molar-refractivity contribution >= 4 is 5.97 Å². The molecule has 9 heteroatoms. The average molecular weight is 606 g/mol. The summed E-state index contributed by atoms with van der Waals surface area (Å²) in [5.41, 5.74) is 1.55. The predicted molar refractivity (Wildman–Crippen MR) is 160 cm³/mol. The zero-order valence-electron chi connectivity index (χ0n) is 25.6. The zero-order chi connectivity index (χ0) is 31.1. The lowest BCUT2D eigenvalue weighted by molar-refractivity contribution is -0.139. The van der Waals surface area contributed by atoms with Crippen molar-refractivity contribution in [2.45, 2.75) is 101 Å². The van der Waals surface area contributed by atoms with E-state index >= 15 is 0 Å². The maximum absolute atomic E-state index is 13.3. The van der Waals surface area contributed by atoms with Crippen molar-refractivity contribution in [1.82, 2.24) is 4.90 Å². The number of aliphatic carboxylic acids is 1. The van der Waals surface area contributed by atoms with Crippen LogP contribution in [-0.2, 0) is 21.5 Å². The Labute approximate surface area is 253 Å². The monoisotopic (exact) mass is 605 g/mol. The van der Waals surface area contributed by atoms with E-state index in [1.54, 1.807) is 7.11 Å². The number of hydrogen-bond acceptors (Lipinski definition) is 5. The van der Waals surface area contributed by atoms with Crippen LogP contribution in [-0.4, -0.2) is 60.7 Å². The van der Waals surface area contributed by atoms with E-state index < -0.39 is 18.6 Å². The first-order chi connectivity index (χ1) is 20.3. The van der Waals surface area contributed by atoms with Gasteiger partial charge in [0.1, 0.15) is 11.5 Å². The van der Waals surface area contributed by atoms with Crippen LogP contribution in [0.2, 0.25) is 0 Å². The lowest BCUT2D eigenvalue weighted by Crippen LogP contribution is -2.45. The summed E-state index contributed by atoms with van der Waals surface area (Å²) >= 11 is 0. The van der Waals surface area contributed by atoms with E-state index in [0.717, 1.165) is 62.0 Å². The molecule has 0 aromatic heterocycles. The molecule has 1 heterocycles. The van der Waals surface area contributed by atoms with Gasteiger partial charge >= 0.3 is 12.1 Å².